The molecule has 0 radical (unpaired) electrons. The molecule has 0 fully saturated rings. The molecule has 4 aromatic rings. The fraction of sp³-hybridized carbons (Fsp3) is 0. The van der Waals surface area contributed by atoms with Gasteiger partial charge in [-0.15, -0.1) is 0 Å². The van der Waals surface area contributed by atoms with Crippen LogP contribution in [-0.4, -0.2) is 8.42 Å². The zero-order valence-corrected chi connectivity index (χ0v) is 17.6. The predicted octanol–water partition coefficient (Wildman–Crippen LogP) is 4.37. The second kappa shape index (κ2) is 11.8. The summed E-state index contributed by atoms with van der Waals surface area (Å²) in [6.07, 6.45) is 0. The summed E-state index contributed by atoms with van der Waals surface area (Å²) >= 11 is -0.750. The predicted molar refractivity (Wildman–Crippen MR) is 130 cm³/mol. The first-order valence-corrected chi connectivity index (χ1v) is 9.95. The van der Waals surface area contributed by atoms with E-state index in [-0.39, 0.29) is 0 Å². The standard InChI is InChI=1S/2C12H12N2.O2S/c2*13-10-6-7-11(12(14)8-10)9-4-2-1-3-5-9;1-3-2/h2*1-8H,13-14H2;. The second-order valence-corrected chi connectivity index (χ2v) is 6.63. The van der Waals surface area contributed by atoms with Gasteiger partial charge in [-0.1, -0.05) is 72.8 Å². The fourth-order valence-corrected chi connectivity index (χ4v) is 2.92. The van der Waals surface area contributed by atoms with E-state index >= 15 is 0 Å². The first kappa shape index (κ1) is 23.2. The minimum Gasteiger partial charge on any atom is -0.399 e. The third-order valence-electron chi connectivity index (χ3n) is 4.32. The number of anilines is 4. The van der Waals surface area contributed by atoms with E-state index in [9.17, 15) is 0 Å². The highest BCUT2D eigenvalue weighted by Crippen LogP contribution is 2.27. The summed E-state index contributed by atoms with van der Waals surface area (Å²) in [5.74, 6) is 0. The molecule has 8 N–H and O–H groups in total. The van der Waals surface area contributed by atoms with Gasteiger partial charge in [0.25, 0.3) is 0 Å². The topological polar surface area (TPSA) is 138 Å². The van der Waals surface area contributed by atoms with Crippen molar-refractivity contribution in [2.75, 3.05) is 22.9 Å². The molecule has 158 valence electrons. The van der Waals surface area contributed by atoms with Gasteiger partial charge in [-0.05, 0) is 35.4 Å². The van der Waals surface area contributed by atoms with Gasteiger partial charge in [0.05, 0.1) is 0 Å². The molecule has 0 unspecified atom stereocenters. The van der Waals surface area contributed by atoms with Gasteiger partial charge in [0.15, 0.2) is 0 Å². The van der Waals surface area contributed by atoms with Crippen LogP contribution in [0.3, 0.4) is 0 Å². The summed E-state index contributed by atoms with van der Waals surface area (Å²) in [5.41, 5.74) is 30.1. The molecular weight excluding hydrogens is 408 g/mol. The number of nitrogens with two attached hydrogens (primary N) is 4. The Kier molecular flexibility index (Phi) is 8.82. The van der Waals surface area contributed by atoms with Crippen LogP contribution in [0, 0.1) is 0 Å². The van der Waals surface area contributed by atoms with Gasteiger partial charge in [0.2, 0.25) is 0 Å². The van der Waals surface area contributed by atoms with Crippen LogP contribution in [0.1, 0.15) is 0 Å². The normalized spacial score (nSPS) is 9.42. The summed E-state index contributed by atoms with van der Waals surface area (Å²) in [4.78, 5) is 0. The third-order valence-corrected chi connectivity index (χ3v) is 4.32. The molecule has 0 aliphatic heterocycles. The lowest BCUT2D eigenvalue weighted by atomic mass is 10.0. The summed E-state index contributed by atoms with van der Waals surface area (Å²) in [6, 6.07) is 31.2. The van der Waals surface area contributed by atoms with Crippen molar-refractivity contribution >= 4 is 34.3 Å². The Balaban J connectivity index is 0.000000196. The summed E-state index contributed by atoms with van der Waals surface area (Å²) in [6.45, 7) is 0. The minimum atomic E-state index is -0.750. The molecule has 0 spiro atoms. The fourth-order valence-electron chi connectivity index (χ4n) is 2.92. The van der Waals surface area contributed by atoms with E-state index in [1.165, 1.54) is 0 Å². The van der Waals surface area contributed by atoms with Gasteiger partial charge in [0, 0.05) is 33.9 Å². The Morgan fingerprint density at radius 1 is 0.484 bits per heavy atom. The van der Waals surface area contributed by atoms with Crippen molar-refractivity contribution in [2.45, 2.75) is 0 Å². The van der Waals surface area contributed by atoms with Crippen molar-refractivity contribution in [3.63, 3.8) is 0 Å². The summed E-state index contributed by atoms with van der Waals surface area (Å²) in [5, 5.41) is 0. The Hall–Kier alpha value is -4.10. The number of benzene rings is 4. The number of hydrogen-bond acceptors (Lipinski definition) is 6. The van der Waals surface area contributed by atoms with Gasteiger partial charge >= 0.3 is 11.6 Å². The first-order chi connectivity index (χ1) is 15.0. The smallest absolute Gasteiger partial charge is 0.335 e. The highest BCUT2D eigenvalue weighted by molar-refractivity contribution is 7.51. The van der Waals surface area contributed by atoms with E-state index in [2.05, 4.69) is 0 Å². The highest BCUT2D eigenvalue weighted by Gasteiger charge is 2.02. The zero-order valence-electron chi connectivity index (χ0n) is 16.8. The van der Waals surface area contributed by atoms with E-state index in [0.717, 1.165) is 33.6 Å². The molecule has 4 rings (SSSR count). The van der Waals surface area contributed by atoms with Crippen LogP contribution in [-0.2, 0) is 11.6 Å². The van der Waals surface area contributed by atoms with Crippen LogP contribution in [0.4, 0.5) is 22.7 Å². The Morgan fingerprint density at radius 3 is 1.10 bits per heavy atom. The molecule has 0 aliphatic carbocycles. The second-order valence-electron chi connectivity index (χ2n) is 6.49. The molecule has 31 heavy (non-hydrogen) atoms. The Bertz CT molecular complexity index is 1060. The van der Waals surface area contributed by atoms with E-state index in [4.69, 9.17) is 31.4 Å². The molecule has 6 nitrogen and oxygen atoms in total. The van der Waals surface area contributed by atoms with Crippen LogP contribution in [0.5, 0.6) is 0 Å². The van der Waals surface area contributed by atoms with Gasteiger partial charge in [0.1, 0.15) is 0 Å². The van der Waals surface area contributed by atoms with Crippen LogP contribution < -0.4 is 22.9 Å². The lowest BCUT2D eigenvalue weighted by Gasteiger charge is -2.06. The first-order valence-electron chi connectivity index (χ1n) is 9.29. The molecule has 0 saturated carbocycles. The maximum Gasteiger partial charge on any atom is 0.335 e. The SMILES string of the molecule is Nc1ccc(-c2ccccc2)c(N)c1.Nc1ccc(-c2ccccc2)c(N)c1.O=S=O. The molecule has 0 aliphatic rings. The monoisotopic (exact) mass is 432 g/mol. The molecule has 4 aromatic carbocycles. The van der Waals surface area contributed by atoms with Crippen LogP contribution in [0.25, 0.3) is 22.3 Å². The lowest BCUT2D eigenvalue weighted by Crippen LogP contribution is -1.92. The van der Waals surface area contributed by atoms with Crippen molar-refractivity contribution in [3.8, 4) is 22.3 Å². The average molecular weight is 433 g/mol. The van der Waals surface area contributed by atoms with Crippen LogP contribution in [0.15, 0.2) is 97.1 Å². The molecule has 0 saturated heterocycles. The van der Waals surface area contributed by atoms with Gasteiger partial charge < -0.3 is 22.9 Å². The maximum absolute atomic E-state index is 8.29. The number of nitrogen functional groups attached to an aromatic ring is 4. The van der Waals surface area contributed by atoms with Gasteiger partial charge in [-0.2, -0.15) is 8.42 Å². The third kappa shape index (κ3) is 7.02. The summed E-state index contributed by atoms with van der Waals surface area (Å²) in [7, 11) is 0. The molecule has 0 atom stereocenters. The molecular formula is C24H24N4O2S. The van der Waals surface area contributed by atoms with Crippen molar-refractivity contribution in [1.29, 1.82) is 0 Å². The quantitative estimate of drug-likeness (QED) is 0.347. The molecule has 7 heteroatoms. The van der Waals surface area contributed by atoms with Crippen LogP contribution >= 0.6 is 0 Å². The highest BCUT2D eigenvalue weighted by atomic mass is 32.1. The Morgan fingerprint density at radius 2 is 0.806 bits per heavy atom. The van der Waals surface area contributed by atoms with Crippen molar-refractivity contribution in [1.82, 2.24) is 0 Å². The number of hydrogen-bond donors (Lipinski definition) is 4. The van der Waals surface area contributed by atoms with Crippen molar-refractivity contribution < 1.29 is 8.42 Å². The lowest BCUT2D eigenvalue weighted by molar-refractivity contribution is 0.630. The van der Waals surface area contributed by atoms with Crippen molar-refractivity contribution in [3.05, 3.63) is 97.1 Å². The van der Waals surface area contributed by atoms with Crippen LogP contribution in [0.2, 0.25) is 0 Å². The maximum atomic E-state index is 8.29. The minimum absolute atomic E-state index is 0.696. The molecule has 0 bridgehead atoms. The molecule has 0 amide bonds. The zero-order chi connectivity index (χ0) is 22.6. The summed E-state index contributed by atoms with van der Waals surface area (Å²) < 4.78 is 16.6. The van der Waals surface area contributed by atoms with E-state index < -0.39 is 11.6 Å². The average Bonchev–Trinajstić information content (AvgIpc) is 2.76. The Labute approximate surface area is 185 Å². The van der Waals surface area contributed by atoms with E-state index in [0.29, 0.717) is 11.4 Å². The van der Waals surface area contributed by atoms with Gasteiger partial charge in [-0.25, -0.2) is 0 Å². The molecule has 0 heterocycles. The number of rotatable bonds is 2. The van der Waals surface area contributed by atoms with Crippen molar-refractivity contribution in [2.24, 2.45) is 0 Å². The largest absolute Gasteiger partial charge is 0.399 e. The molecule has 0 aromatic heterocycles. The van der Waals surface area contributed by atoms with E-state index in [1.807, 2.05) is 84.9 Å². The van der Waals surface area contributed by atoms with Gasteiger partial charge in [-0.3, -0.25) is 0 Å². The van der Waals surface area contributed by atoms with E-state index in [1.54, 1.807) is 12.1 Å².